The Bertz CT molecular complexity index is 1380. The SMILES string of the molecule is CCOP(=O)(OCC)OCOC[C@]12CCC(C)(C)C[C@H]1[C@H]1C(=O)C=C3[C@@]4(C)C=C(C#N)C(=O)C(C)(C)[C@@H]4CC[C@@]3(C)[C@]1(C)CC2. The number of Topliss-reactive ketones (excluding diaryl/α,β-unsaturated/α-hetero) is 1. The second kappa shape index (κ2) is 11.5. The number of nitrogens with zero attached hydrogens (tertiary/aromatic N) is 1. The molecule has 3 fully saturated rings. The van der Waals surface area contributed by atoms with Crippen LogP contribution in [0.4, 0.5) is 0 Å². The van der Waals surface area contributed by atoms with Crippen LogP contribution >= 0.6 is 7.82 Å². The molecule has 45 heavy (non-hydrogen) atoms. The average Bonchev–Trinajstić information content (AvgIpc) is 2.95. The lowest BCUT2D eigenvalue weighted by atomic mass is 9.34. The van der Waals surface area contributed by atoms with Gasteiger partial charge in [0.15, 0.2) is 18.4 Å². The largest absolute Gasteiger partial charge is 0.476 e. The van der Waals surface area contributed by atoms with E-state index in [1.807, 2.05) is 26.0 Å². The van der Waals surface area contributed by atoms with Gasteiger partial charge in [0, 0.05) is 16.7 Å². The maximum absolute atomic E-state index is 14.7. The molecular formula is C36H54NO7P. The van der Waals surface area contributed by atoms with E-state index in [2.05, 4.69) is 40.7 Å². The Morgan fingerprint density at radius 1 is 0.933 bits per heavy atom. The van der Waals surface area contributed by atoms with Gasteiger partial charge in [-0.1, -0.05) is 60.1 Å². The van der Waals surface area contributed by atoms with Gasteiger partial charge in [-0.15, -0.1) is 0 Å². The number of nitriles is 1. The van der Waals surface area contributed by atoms with Crippen LogP contribution in [0.2, 0.25) is 0 Å². The van der Waals surface area contributed by atoms with Gasteiger partial charge in [-0.3, -0.25) is 23.2 Å². The molecule has 0 radical (unpaired) electrons. The maximum Gasteiger partial charge on any atom is 0.476 e. The molecule has 0 saturated heterocycles. The number of ether oxygens (including phenoxy) is 1. The van der Waals surface area contributed by atoms with E-state index < -0.39 is 18.7 Å². The summed E-state index contributed by atoms with van der Waals surface area (Å²) in [4.78, 5) is 28.0. The van der Waals surface area contributed by atoms with E-state index in [4.69, 9.17) is 18.3 Å². The van der Waals surface area contributed by atoms with Crippen LogP contribution in [-0.4, -0.2) is 38.2 Å². The standard InChI is InChI=1S/C36H54NO7P/c1-10-42-45(40,43-11-2)44-23-41-22-36-16-14-31(3,4)20-25(36)29-26(38)18-28-33(7)19-24(21-37)30(39)32(5,6)27(33)12-13-34(28,8)35(29,9)15-17-36/h18-19,25,27,29H,10-17,20,22-23H2,1-9H3/t25-,27-,29-,33-,34+,35+,36+/m0/s1. The number of rotatable bonds is 9. The molecule has 0 heterocycles. The zero-order valence-corrected chi connectivity index (χ0v) is 29.8. The smallest absolute Gasteiger partial charge is 0.354 e. The fourth-order valence-electron chi connectivity index (χ4n) is 10.8. The van der Waals surface area contributed by atoms with Crippen molar-refractivity contribution in [1.82, 2.24) is 0 Å². The van der Waals surface area contributed by atoms with Crippen LogP contribution in [0.1, 0.15) is 107 Å². The number of ketones is 2. The Hall–Kier alpha value is -1.62. The van der Waals surface area contributed by atoms with Crippen molar-refractivity contribution >= 4 is 19.4 Å². The summed E-state index contributed by atoms with van der Waals surface area (Å²) in [6.07, 6.45) is 10.4. The lowest BCUT2D eigenvalue weighted by Crippen LogP contribution is -2.65. The van der Waals surface area contributed by atoms with Crippen LogP contribution < -0.4 is 0 Å². The third kappa shape index (κ3) is 5.28. The second-order valence-electron chi connectivity index (χ2n) is 16.5. The molecule has 0 aromatic heterocycles. The topological polar surface area (TPSA) is 112 Å². The fourth-order valence-corrected chi connectivity index (χ4v) is 11.8. The number of fused-ring (bicyclic) bond motifs is 7. The van der Waals surface area contributed by atoms with Crippen molar-refractivity contribution in [3.8, 4) is 6.07 Å². The van der Waals surface area contributed by atoms with E-state index in [9.17, 15) is 19.4 Å². The predicted octanol–water partition coefficient (Wildman–Crippen LogP) is 8.38. The van der Waals surface area contributed by atoms with E-state index >= 15 is 0 Å². The lowest BCUT2D eigenvalue weighted by Gasteiger charge is -2.69. The van der Waals surface area contributed by atoms with E-state index in [0.717, 1.165) is 50.5 Å². The summed E-state index contributed by atoms with van der Waals surface area (Å²) in [6.45, 7) is 19.5. The van der Waals surface area contributed by atoms with E-state index in [1.54, 1.807) is 13.8 Å². The molecule has 3 saturated carbocycles. The van der Waals surface area contributed by atoms with Gasteiger partial charge in [0.05, 0.1) is 25.4 Å². The summed E-state index contributed by atoms with van der Waals surface area (Å²) in [5.74, 6) is 0.0647. The first-order valence-corrected chi connectivity index (χ1v) is 18.4. The zero-order valence-electron chi connectivity index (χ0n) is 28.9. The van der Waals surface area contributed by atoms with E-state index in [-0.39, 0.29) is 76.6 Å². The molecule has 0 spiro atoms. The first-order chi connectivity index (χ1) is 20.9. The van der Waals surface area contributed by atoms with Crippen LogP contribution in [0.5, 0.6) is 0 Å². The number of hydrogen-bond acceptors (Lipinski definition) is 8. The Morgan fingerprint density at radius 3 is 2.20 bits per heavy atom. The van der Waals surface area contributed by atoms with E-state index in [1.165, 1.54) is 0 Å². The third-order valence-corrected chi connectivity index (χ3v) is 14.9. The van der Waals surface area contributed by atoms with Gasteiger partial charge >= 0.3 is 7.82 Å². The number of carbonyl (C=O) groups is 2. The van der Waals surface area contributed by atoms with Gasteiger partial charge in [-0.2, -0.15) is 5.26 Å². The molecule has 0 amide bonds. The summed E-state index contributed by atoms with van der Waals surface area (Å²) in [6, 6.07) is 2.19. The first kappa shape index (κ1) is 34.7. The molecule has 250 valence electrons. The second-order valence-corrected chi connectivity index (χ2v) is 18.2. The minimum atomic E-state index is -3.69. The van der Waals surface area contributed by atoms with Gasteiger partial charge in [0.25, 0.3) is 0 Å². The molecule has 9 heteroatoms. The Kier molecular flexibility index (Phi) is 8.88. The highest BCUT2D eigenvalue weighted by Gasteiger charge is 2.69. The van der Waals surface area contributed by atoms with Crippen LogP contribution in [-0.2, 0) is 32.5 Å². The third-order valence-electron chi connectivity index (χ3n) is 13.3. The minimum absolute atomic E-state index is 0.0240. The molecule has 0 bridgehead atoms. The van der Waals surface area contributed by atoms with Crippen LogP contribution in [0.25, 0.3) is 0 Å². The van der Waals surface area contributed by atoms with Crippen molar-refractivity contribution in [2.24, 2.45) is 50.2 Å². The summed E-state index contributed by atoms with van der Waals surface area (Å²) in [5, 5.41) is 9.97. The number of hydrogen-bond donors (Lipinski definition) is 0. The minimum Gasteiger partial charge on any atom is -0.354 e. The first-order valence-electron chi connectivity index (χ1n) is 16.9. The molecule has 0 aromatic carbocycles. The van der Waals surface area contributed by atoms with Gasteiger partial charge in [-0.25, -0.2) is 4.57 Å². The molecule has 5 aliphatic carbocycles. The number of phosphoric ester groups is 1. The highest BCUT2D eigenvalue weighted by molar-refractivity contribution is 7.48. The highest BCUT2D eigenvalue weighted by Crippen LogP contribution is 2.74. The van der Waals surface area contributed by atoms with Crippen molar-refractivity contribution < 1.29 is 32.5 Å². The molecule has 0 aliphatic heterocycles. The fraction of sp³-hybridized carbons (Fsp3) is 0.806. The number of carbonyl (C=O) groups excluding carboxylic acids is 2. The molecule has 8 nitrogen and oxygen atoms in total. The maximum atomic E-state index is 14.7. The van der Waals surface area contributed by atoms with Crippen molar-refractivity contribution in [2.45, 2.75) is 107 Å². The van der Waals surface area contributed by atoms with Gasteiger partial charge in [0.2, 0.25) is 0 Å². The van der Waals surface area contributed by atoms with Crippen LogP contribution in [0.3, 0.4) is 0 Å². The summed E-state index contributed by atoms with van der Waals surface area (Å²) in [7, 11) is -3.69. The van der Waals surface area contributed by atoms with Crippen molar-refractivity contribution in [1.29, 1.82) is 5.26 Å². The van der Waals surface area contributed by atoms with Crippen molar-refractivity contribution in [3.05, 3.63) is 23.3 Å². The predicted molar refractivity (Wildman–Crippen MR) is 172 cm³/mol. The molecule has 0 N–H and O–H groups in total. The Morgan fingerprint density at radius 2 is 1.58 bits per heavy atom. The summed E-state index contributed by atoms with van der Waals surface area (Å²) >= 11 is 0. The van der Waals surface area contributed by atoms with Gasteiger partial charge in [0.1, 0.15) is 6.07 Å². The monoisotopic (exact) mass is 643 g/mol. The zero-order chi connectivity index (χ0) is 33.3. The molecule has 5 rings (SSSR count). The van der Waals surface area contributed by atoms with Crippen LogP contribution in [0.15, 0.2) is 23.3 Å². The summed E-state index contributed by atoms with van der Waals surface area (Å²) in [5.41, 5.74) is -0.549. The molecule has 0 unspecified atom stereocenters. The van der Waals surface area contributed by atoms with Gasteiger partial charge in [-0.05, 0) is 98.4 Å². The molecule has 5 aliphatic rings. The van der Waals surface area contributed by atoms with Crippen LogP contribution in [0, 0.1) is 61.6 Å². The number of allylic oxidation sites excluding steroid dienone is 4. The van der Waals surface area contributed by atoms with Crippen molar-refractivity contribution in [3.63, 3.8) is 0 Å². The molecule has 7 atom stereocenters. The van der Waals surface area contributed by atoms with Gasteiger partial charge < -0.3 is 4.74 Å². The highest BCUT2D eigenvalue weighted by atomic mass is 31.2. The number of phosphoric acid groups is 1. The lowest BCUT2D eigenvalue weighted by molar-refractivity contribution is -0.186. The molecular weight excluding hydrogens is 589 g/mol. The Labute approximate surface area is 270 Å². The Balaban J connectivity index is 1.51. The average molecular weight is 644 g/mol. The summed E-state index contributed by atoms with van der Waals surface area (Å²) < 4.78 is 35.1. The van der Waals surface area contributed by atoms with Crippen molar-refractivity contribution in [2.75, 3.05) is 26.6 Å². The quantitative estimate of drug-likeness (QED) is 0.140. The van der Waals surface area contributed by atoms with E-state index in [0.29, 0.717) is 6.61 Å². The normalized spacial score (nSPS) is 40.2. The molecule has 0 aromatic rings.